The van der Waals surface area contributed by atoms with Gasteiger partial charge in [0, 0.05) is 33.4 Å². The smallest absolute Gasteiger partial charge is 0.171 e. The van der Waals surface area contributed by atoms with E-state index in [0.717, 1.165) is 5.56 Å². The molecule has 0 amide bonds. The molecule has 9 atom stereocenters. The number of halogens is 14. The molecule has 5 aromatic carbocycles. The molecule has 0 radical (unpaired) electrons. The second-order valence-electron chi connectivity index (χ2n) is 30.8. The molecule has 0 saturated carbocycles. The molecule has 39 heteroatoms. The van der Waals surface area contributed by atoms with Crippen LogP contribution in [-0.4, -0.2) is 125 Å². The van der Waals surface area contributed by atoms with Crippen molar-refractivity contribution in [2.24, 2.45) is 4.40 Å². The van der Waals surface area contributed by atoms with Gasteiger partial charge < -0.3 is 60.2 Å². The van der Waals surface area contributed by atoms with E-state index in [1.54, 1.807) is 84.9 Å². The summed E-state index contributed by atoms with van der Waals surface area (Å²) in [4.78, 5) is 36.6. The molecule has 134 heavy (non-hydrogen) atoms. The molecule has 0 aliphatic carbocycles. The number of hydrogen-bond acceptors (Lipinski definition) is 21. The molecule has 9 unspecified atom stereocenters. The number of nitrogens with zero attached hydrogens (tertiary/aromatic N) is 7. The number of aliphatic hydroxyl groups excluding tert-OH is 6. The number of ether oxygens (including phenoxy) is 3. The largest absolute Gasteiger partial charge is 0.506 e. The fourth-order valence-electron chi connectivity index (χ4n) is 10.8. The molecule has 1 aliphatic rings. The maximum atomic E-state index is 13.6. The second-order valence-corrected chi connectivity index (χ2v) is 40.6. The zero-order valence-electron chi connectivity index (χ0n) is 71.1. The topological polar surface area (TPSA) is 363 Å². The number of aromatic hydroxyl groups is 3. The van der Waals surface area contributed by atoms with E-state index in [4.69, 9.17) is 94.0 Å². The first-order chi connectivity index (χ1) is 59.6. The van der Waals surface area contributed by atoms with Gasteiger partial charge in [-0.05, 0) is 311 Å². The lowest BCUT2D eigenvalue weighted by Crippen LogP contribution is -2.47. The highest BCUT2D eigenvalue weighted by atomic mass is 127. The van der Waals surface area contributed by atoms with Crippen molar-refractivity contribution in [3.05, 3.63) is 249 Å². The number of ketones is 1. The quantitative estimate of drug-likeness (QED) is 0.0147. The standard InChI is InChI=1S/C20H23ClFIN2O3S.C20H24ClFN2O3S.C16H14ClFINO3.C13H10ClFINO2.C13H11ClFNO2.C7H8ClNO2.6CH4/c1-11(25-29(27)20(3,4)5)10-28-19-16(23)9-17(12(2)26)24-18(19)13-6-7-15(22)14(21)8-13;1-11(25)16-9-13-18(17(23-16)12-6-7-15(22)14(21)8-12)27-10-20(13,5)24-28(26)19(2,3)4;1-8(21)7-23-16-13(19)6-14(9(2)22)20-15(16)10-3-4-12(18)11(17)5-10;1-6(18)11-5-10(16)13(19)12(17-11)7-2-3-9(15)8(14)4-7;1-7(17)11-4-5-12(18)13(16-11)8-2-3-10(15)9(14)6-8;1-4(10)5-2-3-6(11)7(8)9-5;;;;;;/h6-9,12,26H,10H2,1-5H3;6-9,11,24-25H,10H2,1-5H3;3-6,9,22H,7H2,1-2H3;2-6,18-19H,1H3;2-7,17-18H,1H3;2-4,10-11H,1H3;6*1H4. The van der Waals surface area contributed by atoms with Crippen LogP contribution in [-0.2, 0) is 32.3 Å². The van der Waals surface area contributed by atoms with Crippen molar-refractivity contribution < 1.29 is 95.3 Å². The SMILES string of the molecule is C.C.C.C.C.C.CC(=O)COc1c(I)cc(C(C)O)nc1-c1ccc(F)c(Cl)c1.CC(COc1c(I)cc(C(C)O)nc1-c1ccc(F)c(Cl)c1)=NS(=O)C(C)(C)C.CC(O)c1cc(I)c(O)c(-c2ccc(F)c(Cl)c2)n1.CC(O)c1cc2c(c(-c3ccc(F)c(Cl)c3)n1)OCC2(C)NS(=O)C(C)(C)C.CC(O)c1ccc(O)c(-c2ccc(F)c(Cl)c2)n1.CC(O)c1ccc(O)c(Cl)n1. The van der Waals surface area contributed by atoms with Gasteiger partial charge in [0.15, 0.2) is 39.7 Å². The fraction of sp³-hybridized carbons (Fsp3) is 0.347. The minimum Gasteiger partial charge on any atom is -0.506 e. The summed E-state index contributed by atoms with van der Waals surface area (Å²) >= 11 is 40.7. The van der Waals surface area contributed by atoms with E-state index in [1.807, 2.05) is 93.6 Å². The van der Waals surface area contributed by atoms with Gasteiger partial charge in [-0.1, -0.05) is 114 Å². The summed E-state index contributed by atoms with van der Waals surface area (Å²) in [5.41, 5.74) is 7.67. The van der Waals surface area contributed by atoms with Crippen molar-refractivity contribution in [2.75, 3.05) is 19.8 Å². The number of carbonyl (C=O) groups is 1. The number of carbonyl (C=O) groups excluding carboxylic acids is 1. The Labute approximate surface area is 857 Å². The van der Waals surface area contributed by atoms with Gasteiger partial charge in [-0.2, -0.15) is 4.40 Å². The van der Waals surface area contributed by atoms with Crippen molar-refractivity contribution in [2.45, 2.75) is 200 Å². The van der Waals surface area contributed by atoms with Gasteiger partial charge >= 0.3 is 0 Å². The van der Waals surface area contributed by atoms with Gasteiger partial charge in [0.05, 0.1) is 138 Å². The molecule has 11 aromatic rings. The van der Waals surface area contributed by atoms with Crippen molar-refractivity contribution >= 4 is 171 Å². The van der Waals surface area contributed by atoms with Crippen LogP contribution in [0.1, 0.15) is 225 Å². The van der Waals surface area contributed by atoms with E-state index in [-0.39, 0.29) is 129 Å². The molecular formula is C95H114Cl6F5I3N8O15S2. The number of fused-ring (bicyclic) bond motifs is 1. The van der Waals surface area contributed by atoms with Gasteiger partial charge in [-0.3, -0.25) is 4.79 Å². The van der Waals surface area contributed by atoms with Crippen LogP contribution in [0.3, 0.4) is 0 Å². The highest BCUT2D eigenvalue weighted by molar-refractivity contribution is 14.1. The second kappa shape index (κ2) is 54.9. The zero-order chi connectivity index (χ0) is 95.8. The maximum absolute atomic E-state index is 13.6. The third kappa shape index (κ3) is 34.7. The van der Waals surface area contributed by atoms with E-state index in [0.29, 0.717) is 113 Å². The minimum atomic E-state index is -1.39. The Morgan fingerprint density at radius 2 is 0.761 bits per heavy atom. The number of aromatic nitrogens is 6. The average molecular weight is 2360 g/mol. The first-order valence-corrected chi connectivity index (χ1v) is 46.2. The molecule has 0 fully saturated rings. The molecule has 734 valence electrons. The van der Waals surface area contributed by atoms with Crippen molar-refractivity contribution in [1.29, 1.82) is 0 Å². The molecule has 23 nitrogen and oxygen atoms in total. The number of aliphatic hydroxyl groups is 6. The average Bonchev–Trinajstić information content (AvgIpc) is 1.59. The summed E-state index contributed by atoms with van der Waals surface area (Å²) in [6, 6.07) is 33.5. The van der Waals surface area contributed by atoms with Crippen LogP contribution in [0.5, 0.6) is 34.5 Å². The number of rotatable bonds is 20. The van der Waals surface area contributed by atoms with Crippen LogP contribution in [0.4, 0.5) is 22.0 Å². The minimum absolute atomic E-state index is 0. The molecule has 0 saturated heterocycles. The predicted molar refractivity (Wildman–Crippen MR) is 556 cm³/mol. The molecule has 10 N–H and O–H groups in total. The highest BCUT2D eigenvalue weighted by Gasteiger charge is 2.42. The van der Waals surface area contributed by atoms with Gasteiger partial charge in [0.1, 0.15) is 94.1 Å². The van der Waals surface area contributed by atoms with E-state index in [1.165, 1.54) is 110 Å². The number of Topliss-reactive ketones (excluding diaryl/α,β-unsaturated/α-hetero) is 1. The molecule has 1 aliphatic heterocycles. The van der Waals surface area contributed by atoms with E-state index in [2.05, 4.69) is 61.6 Å². The normalized spacial score (nSPS) is 14.2. The lowest BCUT2D eigenvalue weighted by atomic mass is 9.93. The van der Waals surface area contributed by atoms with Gasteiger partial charge in [-0.15, -0.1) is 0 Å². The van der Waals surface area contributed by atoms with Crippen molar-refractivity contribution in [3.63, 3.8) is 0 Å². The number of hydrogen-bond donors (Lipinski definition) is 10. The Kier molecular flexibility index (Phi) is 51.1. The van der Waals surface area contributed by atoms with E-state index < -0.39 is 103 Å². The highest BCUT2D eigenvalue weighted by Crippen LogP contribution is 2.46. The van der Waals surface area contributed by atoms with Gasteiger partial charge in [-0.25, -0.2) is 65.0 Å². The summed E-state index contributed by atoms with van der Waals surface area (Å²) < 4.78 is 118. The van der Waals surface area contributed by atoms with Crippen LogP contribution >= 0.6 is 137 Å². The van der Waals surface area contributed by atoms with Crippen LogP contribution in [0.25, 0.3) is 56.3 Å². The van der Waals surface area contributed by atoms with Crippen LogP contribution < -0.4 is 18.9 Å². The van der Waals surface area contributed by atoms with E-state index in [9.17, 15) is 70.9 Å². The van der Waals surface area contributed by atoms with Crippen LogP contribution in [0.2, 0.25) is 30.3 Å². The summed E-state index contributed by atoms with van der Waals surface area (Å²) in [5.74, 6) is -1.60. The molecule has 6 aromatic heterocycles. The molecular weight excluding hydrogens is 2250 g/mol. The molecule has 0 spiro atoms. The number of pyridine rings is 6. The van der Waals surface area contributed by atoms with Crippen LogP contribution in [0, 0.1) is 39.8 Å². The maximum Gasteiger partial charge on any atom is 0.171 e. The Morgan fingerprint density at radius 1 is 0.448 bits per heavy atom. The summed E-state index contributed by atoms with van der Waals surface area (Å²) in [7, 11) is -2.72. The third-order valence-electron chi connectivity index (χ3n) is 17.7. The fourth-order valence-corrected chi connectivity index (χ4v) is 15.4. The Morgan fingerprint density at radius 3 is 1.11 bits per heavy atom. The summed E-state index contributed by atoms with van der Waals surface area (Å²) in [6.07, 6.45) is -4.56. The Balaban J connectivity index is 0.000000812. The Bertz CT molecular complexity index is 5930. The van der Waals surface area contributed by atoms with Gasteiger partial charge in [0.25, 0.3) is 0 Å². The summed E-state index contributed by atoms with van der Waals surface area (Å²) in [6.45, 7) is 26.0. The first kappa shape index (κ1) is 125. The lowest BCUT2D eigenvalue weighted by Gasteiger charge is -2.29. The monoisotopic (exact) mass is 2360 g/mol. The summed E-state index contributed by atoms with van der Waals surface area (Å²) in [5, 5.41) is 86.5. The van der Waals surface area contributed by atoms with Crippen molar-refractivity contribution in [1.82, 2.24) is 34.6 Å². The molecule has 7 heterocycles. The predicted octanol–water partition coefficient (Wildman–Crippen LogP) is 26.4. The van der Waals surface area contributed by atoms with E-state index >= 15 is 0 Å². The third-order valence-corrected chi connectivity index (χ3v) is 25.1. The van der Waals surface area contributed by atoms with Crippen LogP contribution in [0.15, 0.2) is 144 Å². The molecule has 0 bridgehead atoms. The number of nitrogens with one attached hydrogen (secondary N) is 1. The zero-order valence-corrected chi connectivity index (χ0v) is 83.7. The first-order valence-electron chi connectivity index (χ1n) is 38.4. The van der Waals surface area contributed by atoms with Gasteiger partial charge in [0.2, 0.25) is 0 Å². The lowest BCUT2D eigenvalue weighted by molar-refractivity contribution is -0.118. The number of benzene rings is 5. The molecule has 12 rings (SSSR count). The van der Waals surface area contributed by atoms with Crippen molar-refractivity contribution in [3.8, 4) is 90.8 Å². The Hall–Kier alpha value is -7.26.